The van der Waals surface area contributed by atoms with Crippen molar-refractivity contribution < 1.29 is 4.79 Å². The molecule has 1 fully saturated rings. The Morgan fingerprint density at radius 1 is 1.88 bits per heavy atom. The van der Waals surface area contributed by atoms with Crippen molar-refractivity contribution >= 4 is 27.7 Å². The largest absolute Gasteiger partial charge is 0.277 e. The number of hydrogen-bond donors (Lipinski definition) is 0. The van der Waals surface area contributed by atoms with Crippen LogP contribution in [0.4, 0.5) is 0 Å². The van der Waals surface area contributed by atoms with Crippen LogP contribution in [0.2, 0.25) is 0 Å². The molecular weight excluding hydrogens is 142 g/mol. The third-order valence-electron chi connectivity index (χ3n) is 0.890. The molecule has 0 aromatic heterocycles. The molecule has 0 aromatic carbocycles. The lowest BCUT2D eigenvalue weighted by atomic mass is 10.6. The second-order valence-electron chi connectivity index (χ2n) is 1.43. The summed E-state index contributed by atoms with van der Waals surface area (Å²) in [5, 5.41) is 0. The van der Waals surface area contributed by atoms with Crippen molar-refractivity contribution in [3.05, 3.63) is 0 Å². The molecule has 1 saturated heterocycles. The van der Waals surface area contributed by atoms with Gasteiger partial charge >= 0.3 is 0 Å². The maximum atomic E-state index is 10.7. The second-order valence-corrected chi connectivity index (χ2v) is 3.69. The van der Waals surface area contributed by atoms with Gasteiger partial charge in [-0.15, -0.1) is 0 Å². The van der Waals surface area contributed by atoms with E-state index in [1.165, 1.54) is 0 Å². The lowest BCUT2D eigenvalue weighted by molar-refractivity contribution is -0.122. The van der Waals surface area contributed by atoms with Gasteiger partial charge in [0.05, 0.1) is 5.75 Å². The van der Waals surface area contributed by atoms with Crippen molar-refractivity contribution in [1.29, 1.82) is 0 Å². The number of nitrogens with zero attached hydrogens (tertiary/aromatic N) is 1. The summed E-state index contributed by atoms with van der Waals surface area (Å²) in [5.74, 6) is 0.904. The fraction of sp³-hybridized carbons (Fsp3) is 0.750. The molecule has 4 heteroatoms. The van der Waals surface area contributed by atoms with Crippen LogP contribution < -0.4 is 0 Å². The second kappa shape index (κ2) is 2.64. The van der Waals surface area contributed by atoms with Crippen molar-refractivity contribution in [3.63, 3.8) is 0 Å². The van der Waals surface area contributed by atoms with Crippen LogP contribution in [0, 0.1) is 0 Å². The topological polar surface area (TPSA) is 20.3 Å². The fourth-order valence-corrected chi connectivity index (χ4v) is 2.66. The van der Waals surface area contributed by atoms with E-state index in [4.69, 9.17) is 0 Å². The summed E-state index contributed by atoms with van der Waals surface area (Å²) in [6.45, 7) is 2.81. The predicted octanol–water partition coefficient (Wildman–Crippen LogP) is 1.14. The van der Waals surface area contributed by atoms with Gasteiger partial charge in [-0.2, -0.15) is 0 Å². The van der Waals surface area contributed by atoms with Crippen LogP contribution in [0.3, 0.4) is 0 Å². The molecular formula is C4H7NOS2. The van der Waals surface area contributed by atoms with Crippen molar-refractivity contribution in [1.82, 2.24) is 4.31 Å². The van der Waals surface area contributed by atoms with Gasteiger partial charge in [-0.3, -0.25) is 9.10 Å². The molecule has 0 aliphatic carbocycles. The molecule has 0 saturated carbocycles. The quantitative estimate of drug-likeness (QED) is 0.412. The average Bonchev–Trinajstić information content (AvgIpc) is 2.14. The highest BCUT2D eigenvalue weighted by Crippen LogP contribution is 2.32. The molecule has 0 aromatic rings. The minimum atomic E-state index is 0.252. The first-order valence-electron chi connectivity index (χ1n) is 2.44. The minimum Gasteiger partial charge on any atom is -0.277 e. The van der Waals surface area contributed by atoms with Crippen molar-refractivity contribution in [2.45, 2.75) is 6.92 Å². The highest BCUT2D eigenvalue weighted by molar-refractivity contribution is 8.76. The molecule has 8 heavy (non-hydrogen) atoms. The number of amides is 1. The lowest BCUT2D eigenvalue weighted by Crippen LogP contribution is -2.18. The predicted molar refractivity (Wildman–Crippen MR) is 37.4 cm³/mol. The first kappa shape index (κ1) is 6.29. The summed E-state index contributed by atoms with van der Waals surface area (Å²) in [4.78, 5) is 10.7. The van der Waals surface area contributed by atoms with Crippen LogP contribution in [0.15, 0.2) is 0 Å². The van der Waals surface area contributed by atoms with Gasteiger partial charge in [-0.25, -0.2) is 0 Å². The van der Waals surface area contributed by atoms with Gasteiger partial charge in [0.2, 0.25) is 5.91 Å². The zero-order valence-electron chi connectivity index (χ0n) is 4.59. The maximum Gasteiger partial charge on any atom is 0.243 e. The molecule has 1 amide bonds. The van der Waals surface area contributed by atoms with Gasteiger partial charge in [0.15, 0.2) is 0 Å². The molecule has 0 N–H and O–H groups in total. The fourth-order valence-electron chi connectivity index (χ4n) is 0.483. The number of rotatable bonds is 1. The maximum absolute atomic E-state index is 10.7. The van der Waals surface area contributed by atoms with E-state index in [9.17, 15) is 4.79 Å². The van der Waals surface area contributed by atoms with Crippen LogP contribution in [-0.4, -0.2) is 22.5 Å². The van der Waals surface area contributed by atoms with Crippen LogP contribution >= 0.6 is 21.8 Å². The highest BCUT2D eigenvalue weighted by atomic mass is 33.1. The normalized spacial score (nSPS) is 20.1. The van der Waals surface area contributed by atoms with Gasteiger partial charge in [0, 0.05) is 17.5 Å². The molecule has 2 nitrogen and oxygen atoms in total. The molecule has 0 unspecified atom stereocenters. The Morgan fingerprint density at radius 3 is 2.88 bits per heavy atom. The van der Waals surface area contributed by atoms with Gasteiger partial charge in [0.1, 0.15) is 0 Å². The zero-order chi connectivity index (χ0) is 5.98. The average molecular weight is 149 g/mol. The number of carbonyl (C=O) groups is 1. The zero-order valence-corrected chi connectivity index (χ0v) is 6.22. The van der Waals surface area contributed by atoms with E-state index >= 15 is 0 Å². The van der Waals surface area contributed by atoms with E-state index < -0.39 is 0 Å². The van der Waals surface area contributed by atoms with E-state index in [1.54, 1.807) is 26.1 Å². The van der Waals surface area contributed by atoms with Gasteiger partial charge in [-0.1, -0.05) is 10.8 Å². The monoisotopic (exact) mass is 149 g/mol. The van der Waals surface area contributed by atoms with Gasteiger partial charge in [0.25, 0.3) is 0 Å². The molecule has 1 aliphatic heterocycles. The van der Waals surface area contributed by atoms with E-state index in [2.05, 4.69) is 0 Å². The SMILES string of the molecule is CCN1SSCC1=O. The first-order valence-corrected chi connectivity index (χ1v) is 4.72. The molecule has 46 valence electrons. The molecule has 1 heterocycles. The standard InChI is InChI=1S/C4H7NOS2/c1-2-5-4(6)3-7-8-5/h2-3H2,1H3. The van der Waals surface area contributed by atoms with Crippen LogP contribution in [0.1, 0.15) is 6.92 Å². The van der Waals surface area contributed by atoms with E-state index in [-0.39, 0.29) is 5.91 Å². The van der Waals surface area contributed by atoms with E-state index in [1.807, 2.05) is 6.92 Å². The first-order chi connectivity index (χ1) is 3.84. The molecule has 0 atom stereocenters. The summed E-state index contributed by atoms with van der Waals surface area (Å²) < 4.78 is 1.77. The summed E-state index contributed by atoms with van der Waals surface area (Å²) in [6, 6.07) is 0. The Labute approximate surface area is 56.5 Å². The summed E-state index contributed by atoms with van der Waals surface area (Å²) >= 11 is 0. The Hall–Kier alpha value is 0.170. The number of hydrogen-bond acceptors (Lipinski definition) is 3. The van der Waals surface area contributed by atoms with Gasteiger partial charge < -0.3 is 0 Å². The Morgan fingerprint density at radius 2 is 2.62 bits per heavy atom. The summed E-state index contributed by atoms with van der Waals surface area (Å²) in [5.41, 5.74) is 0. The molecule has 0 radical (unpaired) electrons. The lowest BCUT2D eigenvalue weighted by Gasteiger charge is -2.06. The van der Waals surface area contributed by atoms with E-state index in [0.29, 0.717) is 5.75 Å². The molecule has 0 spiro atoms. The van der Waals surface area contributed by atoms with Crippen LogP contribution in [-0.2, 0) is 4.79 Å². The smallest absolute Gasteiger partial charge is 0.243 e. The number of carbonyl (C=O) groups excluding carboxylic acids is 1. The third-order valence-corrected chi connectivity index (χ3v) is 3.21. The van der Waals surface area contributed by atoms with E-state index in [0.717, 1.165) is 6.54 Å². The van der Waals surface area contributed by atoms with Crippen LogP contribution in [0.5, 0.6) is 0 Å². The van der Waals surface area contributed by atoms with Gasteiger partial charge in [-0.05, 0) is 6.92 Å². The highest BCUT2D eigenvalue weighted by Gasteiger charge is 2.19. The third kappa shape index (κ3) is 1.11. The Bertz CT molecular complexity index is 106. The van der Waals surface area contributed by atoms with Crippen molar-refractivity contribution in [2.24, 2.45) is 0 Å². The van der Waals surface area contributed by atoms with Crippen molar-refractivity contribution in [3.8, 4) is 0 Å². The molecule has 1 rings (SSSR count). The molecule has 1 aliphatic rings. The van der Waals surface area contributed by atoms with Crippen molar-refractivity contribution in [2.75, 3.05) is 12.3 Å². The summed E-state index contributed by atoms with van der Waals surface area (Å²) in [7, 11) is 3.16. The van der Waals surface area contributed by atoms with Crippen LogP contribution in [0.25, 0.3) is 0 Å². The minimum absolute atomic E-state index is 0.252. The Kier molecular flexibility index (Phi) is 2.08. The Balaban J connectivity index is 2.42. The summed E-state index contributed by atoms with van der Waals surface area (Å²) in [6.07, 6.45) is 0. The molecule has 0 bridgehead atoms.